The number of halogens is 1. The third-order valence-corrected chi connectivity index (χ3v) is 3.65. The molecular weight excluding hydrogens is 296 g/mol. The molecule has 118 valence electrons. The molecule has 5 heteroatoms. The lowest BCUT2D eigenvalue weighted by molar-refractivity contribution is 0.606. The lowest BCUT2D eigenvalue weighted by Crippen LogP contribution is -2.08. The summed E-state index contributed by atoms with van der Waals surface area (Å²) in [5.74, 6) is 2.03. The van der Waals surface area contributed by atoms with Gasteiger partial charge in [-0.05, 0) is 49.4 Å². The molecule has 0 saturated heterocycles. The minimum Gasteiger partial charge on any atom is -0.370 e. The van der Waals surface area contributed by atoms with Crippen molar-refractivity contribution in [2.24, 2.45) is 5.92 Å². The van der Waals surface area contributed by atoms with E-state index in [1.54, 1.807) is 6.20 Å². The van der Waals surface area contributed by atoms with Crippen LogP contribution in [0.1, 0.15) is 31.4 Å². The van der Waals surface area contributed by atoms with Crippen LogP contribution in [0.2, 0.25) is 5.02 Å². The van der Waals surface area contributed by atoms with E-state index in [9.17, 15) is 0 Å². The molecular formula is C17H23ClN4. The van der Waals surface area contributed by atoms with E-state index in [1.807, 2.05) is 26.0 Å². The number of nitrogens with zero attached hydrogens (tertiary/aromatic N) is 2. The van der Waals surface area contributed by atoms with Gasteiger partial charge in [0, 0.05) is 12.7 Å². The highest BCUT2D eigenvalue weighted by Crippen LogP contribution is 2.29. The second-order valence-electron chi connectivity index (χ2n) is 5.94. The lowest BCUT2D eigenvalue weighted by atomic mass is 10.1. The molecule has 2 rings (SSSR count). The summed E-state index contributed by atoms with van der Waals surface area (Å²) < 4.78 is 0. The summed E-state index contributed by atoms with van der Waals surface area (Å²) >= 11 is 6.31. The molecule has 0 atom stereocenters. The molecule has 0 spiro atoms. The summed E-state index contributed by atoms with van der Waals surface area (Å²) in [5.41, 5.74) is 3.07. The number of nitrogens with one attached hydrogen (secondary N) is 2. The standard InChI is InChI=1S/C17H23ClN4/c1-11(2)5-7-19-15-6-8-20-17(21-15)22-16-13(4)9-12(3)10-14(16)18/h6,8-11H,5,7H2,1-4H3,(H2,19,20,21,22). The van der Waals surface area contributed by atoms with E-state index < -0.39 is 0 Å². The van der Waals surface area contributed by atoms with Crippen LogP contribution in [-0.2, 0) is 0 Å². The number of anilines is 3. The minimum atomic E-state index is 0.545. The van der Waals surface area contributed by atoms with E-state index in [-0.39, 0.29) is 0 Å². The van der Waals surface area contributed by atoms with Gasteiger partial charge in [-0.2, -0.15) is 4.98 Å². The Balaban J connectivity index is 2.10. The van der Waals surface area contributed by atoms with Crippen LogP contribution < -0.4 is 10.6 Å². The molecule has 0 saturated carbocycles. The van der Waals surface area contributed by atoms with Gasteiger partial charge < -0.3 is 10.6 Å². The first-order valence-corrected chi connectivity index (χ1v) is 7.94. The Morgan fingerprint density at radius 3 is 2.68 bits per heavy atom. The average Bonchev–Trinajstić information content (AvgIpc) is 2.43. The maximum absolute atomic E-state index is 6.31. The molecule has 0 radical (unpaired) electrons. The van der Waals surface area contributed by atoms with Crippen molar-refractivity contribution in [2.75, 3.05) is 17.2 Å². The van der Waals surface area contributed by atoms with E-state index in [2.05, 4.69) is 40.5 Å². The molecule has 1 heterocycles. The third-order valence-electron chi connectivity index (χ3n) is 3.35. The Hall–Kier alpha value is -1.81. The van der Waals surface area contributed by atoms with Crippen LogP contribution in [-0.4, -0.2) is 16.5 Å². The van der Waals surface area contributed by atoms with Crippen LogP contribution >= 0.6 is 11.6 Å². The zero-order valence-corrected chi connectivity index (χ0v) is 14.3. The van der Waals surface area contributed by atoms with Crippen LogP contribution in [0.3, 0.4) is 0 Å². The van der Waals surface area contributed by atoms with Gasteiger partial charge in [-0.25, -0.2) is 4.98 Å². The summed E-state index contributed by atoms with van der Waals surface area (Å²) in [4.78, 5) is 8.74. The second kappa shape index (κ2) is 7.45. The van der Waals surface area contributed by atoms with Gasteiger partial charge >= 0.3 is 0 Å². The first-order valence-electron chi connectivity index (χ1n) is 7.56. The Kier molecular flexibility index (Phi) is 5.61. The highest BCUT2D eigenvalue weighted by Gasteiger charge is 2.08. The van der Waals surface area contributed by atoms with Gasteiger partial charge in [-0.15, -0.1) is 0 Å². The Morgan fingerprint density at radius 1 is 1.23 bits per heavy atom. The quantitative estimate of drug-likeness (QED) is 0.791. The molecule has 22 heavy (non-hydrogen) atoms. The fourth-order valence-corrected chi connectivity index (χ4v) is 2.56. The SMILES string of the molecule is Cc1cc(C)c(Nc2nccc(NCCC(C)C)n2)c(Cl)c1. The molecule has 0 amide bonds. The fraction of sp³-hybridized carbons (Fsp3) is 0.412. The van der Waals surface area contributed by atoms with Crippen LogP contribution in [0.25, 0.3) is 0 Å². The predicted octanol–water partition coefficient (Wildman–Crippen LogP) is 4.95. The van der Waals surface area contributed by atoms with E-state index in [1.165, 1.54) is 0 Å². The van der Waals surface area contributed by atoms with Gasteiger partial charge in [0.1, 0.15) is 5.82 Å². The Labute approximate surface area is 137 Å². The minimum absolute atomic E-state index is 0.545. The van der Waals surface area contributed by atoms with E-state index in [0.29, 0.717) is 16.9 Å². The average molecular weight is 319 g/mol. The number of hydrogen-bond donors (Lipinski definition) is 2. The second-order valence-corrected chi connectivity index (χ2v) is 6.35. The fourth-order valence-electron chi connectivity index (χ4n) is 2.19. The molecule has 1 aromatic carbocycles. The van der Waals surface area contributed by atoms with Crippen molar-refractivity contribution in [2.45, 2.75) is 34.1 Å². The number of rotatable bonds is 6. The summed E-state index contributed by atoms with van der Waals surface area (Å²) in [6.07, 6.45) is 2.85. The smallest absolute Gasteiger partial charge is 0.229 e. The van der Waals surface area contributed by atoms with Crippen molar-refractivity contribution < 1.29 is 0 Å². The first-order chi connectivity index (χ1) is 10.5. The molecule has 0 aliphatic carbocycles. The predicted molar refractivity (Wildman–Crippen MR) is 94.2 cm³/mol. The summed E-state index contributed by atoms with van der Waals surface area (Å²) in [5, 5.41) is 7.21. The molecule has 0 aliphatic heterocycles. The molecule has 0 aliphatic rings. The number of benzene rings is 1. The molecule has 2 N–H and O–H groups in total. The van der Waals surface area contributed by atoms with Crippen molar-refractivity contribution in [3.63, 3.8) is 0 Å². The molecule has 0 unspecified atom stereocenters. The zero-order chi connectivity index (χ0) is 16.1. The van der Waals surface area contributed by atoms with Crippen molar-refractivity contribution in [3.05, 3.63) is 40.5 Å². The van der Waals surface area contributed by atoms with Gasteiger partial charge in [-0.1, -0.05) is 31.5 Å². The molecule has 2 aromatic rings. The van der Waals surface area contributed by atoms with Gasteiger partial charge in [0.2, 0.25) is 5.95 Å². The molecule has 4 nitrogen and oxygen atoms in total. The summed E-state index contributed by atoms with van der Waals surface area (Å²) in [6, 6.07) is 5.88. The highest BCUT2D eigenvalue weighted by molar-refractivity contribution is 6.33. The van der Waals surface area contributed by atoms with E-state index in [4.69, 9.17) is 11.6 Å². The van der Waals surface area contributed by atoms with E-state index >= 15 is 0 Å². The monoisotopic (exact) mass is 318 g/mol. The number of aryl methyl sites for hydroxylation is 2. The Bertz CT molecular complexity index is 617. The number of hydrogen-bond acceptors (Lipinski definition) is 4. The Morgan fingerprint density at radius 2 is 2.00 bits per heavy atom. The first kappa shape index (κ1) is 16.6. The largest absolute Gasteiger partial charge is 0.370 e. The van der Waals surface area contributed by atoms with Gasteiger partial charge in [0.25, 0.3) is 0 Å². The zero-order valence-electron chi connectivity index (χ0n) is 13.6. The van der Waals surface area contributed by atoms with Crippen LogP contribution in [0.4, 0.5) is 17.5 Å². The van der Waals surface area contributed by atoms with Gasteiger partial charge in [0.05, 0.1) is 10.7 Å². The van der Waals surface area contributed by atoms with Gasteiger partial charge in [-0.3, -0.25) is 0 Å². The van der Waals surface area contributed by atoms with Gasteiger partial charge in [0.15, 0.2) is 0 Å². The van der Waals surface area contributed by atoms with Crippen molar-refractivity contribution in [1.29, 1.82) is 0 Å². The van der Waals surface area contributed by atoms with Crippen LogP contribution in [0.5, 0.6) is 0 Å². The molecule has 1 aromatic heterocycles. The topological polar surface area (TPSA) is 49.8 Å². The van der Waals surface area contributed by atoms with Crippen molar-refractivity contribution >= 4 is 29.1 Å². The lowest BCUT2D eigenvalue weighted by Gasteiger charge is -2.12. The van der Waals surface area contributed by atoms with Crippen molar-refractivity contribution in [1.82, 2.24) is 9.97 Å². The molecule has 0 fully saturated rings. The number of aromatic nitrogens is 2. The van der Waals surface area contributed by atoms with Crippen LogP contribution in [0.15, 0.2) is 24.4 Å². The maximum atomic E-state index is 6.31. The summed E-state index contributed by atoms with van der Waals surface area (Å²) in [6.45, 7) is 9.36. The third kappa shape index (κ3) is 4.60. The van der Waals surface area contributed by atoms with Crippen LogP contribution in [0, 0.1) is 19.8 Å². The maximum Gasteiger partial charge on any atom is 0.229 e. The molecule has 0 bridgehead atoms. The normalized spacial score (nSPS) is 10.8. The van der Waals surface area contributed by atoms with Crippen molar-refractivity contribution in [3.8, 4) is 0 Å². The highest BCUT2D eigenvalue weighted by atomic mass is 35.5. The van der Waals surface area contributed by atoms with E-state index in [0.717, 1.165) is 35.6 Å². The summed E-state index contributed by atoms with van der Waals surface area (Å²) in [7, 11) is 0.